The number of hydrogen-bond donors (Lipinski definition) is 2. The molecule has 1 aliphatic rings. The predicted molar refractivity (Wildman–Crippen MR) is 54.5 cm³/mol. The van der Waals surface area contributed by atoms with Crippen LogP contribution in [0.2, 0.25) is 0 Å². The van der Waals surface area contributed by atoms with Gasteiger partial charge in [-0.15, -0.1) is 0 Å². The van der Waals surface area contributed by atoms with E-state index in [1.807, 2.05) is 4.90 Å². The van der Waals surface area contributed by atoms with Gasteiger partial charge in [0.2, 0.25) is 5.95 Å². The maximum atomic E-state index is 10.9. The number of hydrogen-bond acceptors (Lipinski definition) is 5. The van der Waals surface area contributed by atoms with Gasteiger partial charge in [0.15, 0.2) is 0 Å². The second-order valence-electron chi connectivity index (χ2n) is 3.26. The molecular formula is C9H12N5O. The van der Waals surface area contributed by atoms with Crippen LogP contribution in [0.25, 0.3) is 0 Å². The van der Waals surface area contributed by atoms with Crippen LogP contribution in [0, 0.1) is 6.07 Å². The molecule has 0 spiro atoms. The largest absolute Gasteiger partial charge is 0.364 e. The Morgan fingerprint density at radius 2 is 2.27 bits per heavy atom. The molecular weight excluding hydrogens is 194 g/mol. The summed E-state index contributed by atoms with van der Waals surface area (Å²) in [5.41, 5.74) is 5.26. The highest BCUT2D eigenvalue weighted by molar-refractivity contribution is 5.90. The molecule has 1 aromatic rings. The van der Waals surface area contributed by atoms with Crippen molar-refractivity contribution in [3.63, 3.8) is 0 Å². The zero-order valence-corrected chi connectivity index (χ0v) is 8.23. The molecule has 1 radical (unpaired) electrons. The van der Waals surface area contributed by atoms with Crippen LogP contribution in [0.4, 0.5) is 5.95 Å². The first-order valence-electron chi connectivity index (χ1n) is 4.77. The third kappa shape index (κ3) is 2.21. The van der Waals surface area contributed by atoms with Crippen LogP contribution in [0.15, 0.2) is 6.20 Å². The first-order chi connectivity index (χ1) is 7.27. The fourth-order valence-electron chi connectivity index (χ4n) is 1.46. The van der Waals surface area contributed by atoms with Gasteiger partial charge < -0.3 is 16.0 Å². The number of nitrogens with one attached hydrogen (secondary N) is 1. The molecule has 1 aromatic heterocycles. The highest BCUT2D eigenvalue weighted by atomic mass is 16.1. The van der Waals surface area contributed by atoms with Gasteiger partial charge in [-0.2, -0.15) is 0 Å². The third-order valence-electron chi connectivity index (χ3n) is 2.23. The molecule has 1 fully saturated rings. The van der Waals surface area contributed by atoms with E-state index in [-0.39, 0.29) is 5.69 Å². The molecule has 1 saturated heterocycles. The van der Waals surface area contributed by atoms with E-state index in [1.54, 1.807) is 0 Å². The number of nitrogens with two attached hydrogens (primary N) is 1. The lowest BCUT2D eigenvalue weighted by atomic mass is 10.3. The smallest absolute Gasteiger partial charge is 0.268 e. The van der Waals surface area contributed by atoms with Crippen LogP contribution in [-0.2, 0) is 0 Å². The van der Waals surface area contributed by atoms with Crippen molar-refractivity contribution in [2.24, 2.45) is 5.73 Å². The molecule has 0 atom stereocenters. The summed E-state index contributed by atoms with van der Waals surface area (Å²) in [6.07, 6.45) is 1.43. The molecule has 3 N–H and O–H groups in total. The fourth-order valence-corrected chi connectivity index (χ4v) is 1.46. The summed E-state index contributed by atoms with van der Waals surface area (Å²) in [5, 5.41) is 3.23. The number of amides is 1. The van der Waals surface area contributed by atoms with Crippen molar-refractivity contribution < 1.29 is 4.79 Å². The predicted octanol–water partition coefficient (Wildman–Crippen LogP) is -1.21. The van der Waals surface area contributed by atoms with Crippen molar-refractivity contribution >= 4 is 11.9 Å². The minimum Gasteiger partial charge on any atom is -0.364 e. The summed E-state index contributed by atoms with van der Waals surface area (Å²) >= 11 is 0. The Bertz CT molecular complexity index is 361. The average molecular weight is 206 g/mol. The van der Waals surface area contributed by atoms with Gasteiger partial charge in [-0.3, -0.25) is 4.79 Å². The SMILES string of the molecule is NC(=O)c1[c]cnc(N2CCNCC2)n1. The van der Waals surface area contributed by atoms with Crippen molar-refractivity contribution in [2.45, 2.75) is 0 Å². The summed E-state index contributed by atoms with van der Waals surface area (Å²) in [5.74, 6) is -0.0298. The van der Waals surface area contributed by atoms with Crippen molar-refractivity contribution in [1.29, 1.82) is 0 Å². The molecule has 0 bridgehead atoms. The second kappa shape index (κ2) is 4.22. The summed E-state index contributed by atoms with van der Waals surface area (Å²) in [6.45, 7) is 3.46. The van der Waals surface area contributed by atoms with Crippen LogP contribution in [0.3, 0.4) is 0 Å². The standard InChI is InChI=1S/C9H12N5O/c10-8(15)7-1-2-12-9(13-7)14-5-3-11-4-6-14/h2,11H,3-6H2,(H2,10,15). The highest BCUT2D eigenvalue weighted by Gasteiger charge is 2.14. The molecule has 0 aromatic carbocycles. The second-order valence-corrected chi connectivity index (χ2v) is 3.26. The Balaban J connectivity index is 2.19. The fraction of sp³-hybridized carbons (Fsp3) is 0.444. The molecule has 0 saturated carbocycles. The Hall–Kier alpha value is -1.69. The Labute approximate surface area is 87.5 Å². The van der Waals surface area contributed by atoms with Crippen LogP contribution < -0.4 is 16.0 Å². The van der Waals surface area contributed by atoms with Gasteiger partial charge in [0.05, 0.1) is 0 Å². The van der Waals surface area contributed by atoms with Gasteiger partial charge >= 0.3 is 0 Å². The topological polar surface area (TPSA) is 84.1 Å². The van der Waals surface area contributed by atoms with E-state index in [0.717, 1.165) is 26.2 Å². The van der Waals surface area contributed by atoms with Gasteiger partial charge in [-0.05, 0) is 0 Å². The lowest BCUT2D eigenvalue weighted by molar-refractivity contribution is 0.0995. The number of primary amides is 1. The van der Waals surface area contributed by atoms with Crippen LogP contribution >= 0.6 is 0 Å². The molecule has 15 heavy (non-hydrogen) atoms. The van der Waals surface area contributed by atoms with Crippen LogP contribution in [0.1, 0.15) is 10.5 Å². The van der Waals surface area contributed by atoms with Gasteiger partial charge in [-0.1, -0.05) is 0 Å². The van der Waals surface area contributed by atoms with E-state index in [9.17, 15) is 4.79 Å². The summed E-state index contributed by atoms with van der Waals surface area (Å²) in [7, 11) is 0. The summed E-state index contributed by atoms with van der Waals surface area (Å²) in [6, 6.07) is 2.61. The minimum absolute atomic E-state index is 0.138. The van der Waals surface area contributed by atoms with E-state index in [0.29, 0.717) is 5.95 Å². The number of aromatic nitrogens is 2. The number of piperazine rings is 1. The van der Waals surface area contributed by atoms with Gasteiger partial charge in [0, 0.05) is 38.4 Å². The number of anilines is 1. The highest BCUT2D eigenvalue weighted by Crippen LogP contribution is 2.07. The first-order valence-corrected chi connectivity index (χ1v) is 4.77. The summed E-state index contributed by atoms with van der Waals surface area (Å²) in [4.78, 5) is 21.0. The van der Waals surface area contributed by atoms with Crippen LogP contribution in [-0.4, -0.2) is 42.1 Å². The Morgan fingerprint density at radius 3 is 2.93 bits per heavy atom. The van der Waals surface area contributed by atoms with Crippen molar-refractivity contribution in [2.75, 3.05) is 31.1 Å². The van der Waals surface area contributed by atoms with Crippen LogP contribution in [0.5, 0.6) is 0 Å². The van der Waals surface area contributed by atoms with Crippen molar-refractivity contribution in [1.82, 2.24) is 15.3 Å². The van der Waals surface area contributed by atoms with Gasteiger partial charge in [-0.25, -0.2) is 9.97 Å². The number of carbonyl (C=O) groups is 1. The van der Waals surface area contributed by atoms with Crippen molar-refractivity contribution in [3.8, 4) is 0 Å². The molecule has 6 heteroatoms. The average Bonchev–Trinajstić information content (AvgIpc) is 2.30. The van der Waals surface area contributed by atoms with E-state index in [4.69, 9.17) is 5.73 Å². The lowest BCUT2D eigenvalue weighted by Crippen LogP contribution is -2.44. The molecule has 2 rings (SSSR count). The van der Waals surface area contributed by atoms with Crippen molar-refractivity contribution in [3.05, 3.63) is 18.0 Å². The zero-order valence-electron chi connectivity index (χ0n) is 8.23. The van der Waals surface area contributed by atoms with Gasteiger partial charge in [0.25, 0.3) is 5.91 Å². The first kappa shape index (κ1) is 9.85. The molecule has 0 unspecified atom stereocenters. The Morgan fingerprint density at radius 1 is 1.53 bits per heavy atom. The lowest BCUT2D eigenvalue weighted by Gasteiger charge is -2.27. The normalized spacial score (nSPS) is 16.4. The van der Waals surface area contributed by atoms with E-state index >= 15 is 0 Å². The molecule has 1 aliphatic heterocycles. The maximum Gasteiger partial charge on any atom is 0.268 e. The molecule has 6 nitrogen and oxygen atoms in total. The monoisotopic (exact) mass is 206 g/mol. The maximum absolute atomic E-state index is 10.9. The number of nitrogens with zero attached hydrogens (tertiary/aromatic N) is 3. The number of rotatable bonds is 2. The minimum atomic E-state index is -0.575. The molecule has 1 amide bonds. The van der Waals surface area contributed by atoms with E-state index in [1.165, 1.54) is 6.20 Å². The zero-order chi connectivity index (χ0) is 10.7. The molecule has 2 heterocycles. The van der Waals surface area contributed by atoms with E-state index < -0.39 is 5.91 Å². The quantitative estimate of drug-likeness (QED) is 0.634. The number of carbonyl (C=O) groups excluding carboxylic acids is 1. The molecule has 79 valence electrons. The third-order valence-corrected chi connectivity index (χ3v) is 2.23. The Kier molecular flexibility index (Phi) is 2.77. The summed E-state index contributed by atoms with van der Waals surface area (Å²) < 4.78 is 0. The molecule has 0 aliphatic carbocycles. The van der Waals surface area contributed by atoms with Gasteiger partial charge in [0.1, 0.15) is 5.69 Å². The van der Waals surface area contributed by atoms with E-state index in [2.05, 4.69) is 21.4 Å².